The fourth-order valence-electron chi connectivity index (χ4n) is 1.95. The highest BCUT2D eigenvalue weighted by Crippen LogP contribution is 2.12. The number of aromatic nitrogens is 2. The van der Waals surface area contributed by atoms with Gasteiger partial charge in [-0.1, -0.05) is 6.07 Å². The van der Waals surface area contributed by atoms with Gasteiger partial charge in [0.25, 0.3) is 0 Å². The van der Waals surface area contributed by atoms with Crippen LogP contribution in [0.4, 0.5) is 4.39 Å². The first-order valence-corrected chi connectivity index (χ1v) is 6.62. The average Bonchev–Trinajstić information content (AvgIpc) is 2.93. The van der Waals surface area contributed by atoms with Crippen molar-refractivity contribution in [3.05, 3.63) is 53.4 Å². The van der Waals surface area contributed by atoms with E-state index in [0.717, 1.165) is 12.4 Å². The molecule has 5 nitrogen and oxygen atoms in total. The first-order chi connectivity index (χ1) is 10.2. The van der Waals surface area contributed by atoms with Crippen LogP contribution >= 0.6 is 0 Å². The minimum Gasteiger partial charge on any atom is -0.383 e. The van der Waals surface area contributed by atoms with E-state index in [4.69, 9.17) is 10.00 Å². The Morgan fingerprint density at radius 1 is 1.48 bits per heavy atom. The second-order valence-corrected chi connectivity index (χ2v) is 4.56. The maximum Gasteiger partial charge on any atom is 0.129 e. The Morgan fingerprint density at radius 2 is 2.33 bits per heavy atom. The van der Waals surface area contributed by atoms with E-state index in [1.54, 1.807) is 25.4 Å². The molecule has 0 spiro atoms. The lowest BCUT2D eigenvalue weighted by Gasteiger charge is -2.10. The molecule has 1 heterocycles. The van der Waals surface area contributed by atoms with Gasteiger partial charge >= 0.3 is 0 Å². The zero-order chi connectivity index (χ0) is 15.1. The highest BCUT2D eigenvalue weighted by molar-refractivity contribution is 5.33. The Morgan fingerprint density at radius 3 is 3.05 bits per heavy atom. The maximum absolute atomic E-state index is 13.9. The van der Waals surface area contributed by atoms with E-state index in [1.807, 2.05) is 16.8 Å². The number of rotatable bonds is 7. The summed E-state index contributed by atoms with van der Waals surface area (Å²) < 4.78 is 20.7. The SMILES string of the molecule is COCCNCc1nccn1Cc1ccc(C#N)cc1F. The van der Waals surface area contributed by atoms with E-state index in [2.05, 4.69) is 10.3 Å². The van der Waals surface area contributed by atoms with Crippen molar-refractivity contribution in [1.82, 2.24) is 14.9 Å². The van der Waals surface area contributed by atoms with Gasteiger partial charge in [0.2, 0.25) is 0 Å². The fourth-order valence-corrected chi connectivity index (χ4v) is 1.95. The summed E-state index contributed by atoms with van der Waals surface area (Å²) in [6.07, 6.45) is 3.50. The van der Waals surface area contributed by atoms with Gasteiger partial charge < -0.3 is 14.6 Å². The zero-order valence-electron chi connectivity index (χ0n) is 11.8. The fraction of sp³-hybridized carbons (Fsp3) is 0.333. The van der Waals surface area contributed by atoms with Crippen LogP contribution < -0.4 is 5.32 Å². The smallest absolute Gasteiger partial charge is 0.129 e. The predicted octanol–water partition coefficient (Wildman–Crippen LogP) is 1.68. The number of methoxy groups -OCH3 is 1. The Labute approximate surface area is 123 Å². The number of ether oxygens (including phenoxy) is 1. The molecule has 6 heteroatoms. The van der Waals surface area contributed by atoms with Crippen molar-refractivity contribution >= 4 is 0 Å². The van der Waals surface area contributed by atoms with E-state index in [0.29, 0.717) is 30.8 Å². The van der Waals surface area contributed by atoms with E-state index in [9.17, 15) is 4.39 Å². The van der Waals surface area contributed by atoms with Crippen molar-refractivity contribution in [2.75, 3.05) is 20.3 Å². The third-order valence-electron chi connectivity index (χ3n) is 3.09. The van der Waals surface area contributed by atoms with E-state index >= 15 is 0 Å². The molecule has 0 atom stereocenters. The predicted molar refractivity (Wildman–Crippen MR) is 76.0 cm³/mol. The number of hydrogen-bond donors (Lipinski definition) is 1. The van der Waals surface area contributed by atoms with Gasteiger partial charge in [-0.25, -0.2) is 9.37 Å². The molecule has 0 aliphatic heterocycles. The molecule has 21 heavy (non-hydrogen) atoms. The lowest BCUT2D eigenvalue weighted by atomic mass is 10.1. The molecule has 2 rings (SSSR count). The molecule has 0 amide bonds. The van der Waals surface area contributed by atoms with Crippen LogP contribution in [0.3, 0.4) is 0 Å². The summed E-state index contributed by atoms with van der Waals surface area (Å²) in [5.41, 5.74) is 0.855. The average molecular weight is 288 g/mol. The monoisotopic (exact) mass is 288 g/mol. The van der Waals surface area contributed by atoms with E-state index in [-0.39, 0.29) is 5.82 Å². The lowest BCUT2D eigenvalue weighted by Crippen LogP contribution is -2.21. The van der Waals surface area contributed by atoms with Crippen LogP contribution in [-0.2, 0) is 17.8 Å². The van der Waals surface area contributed by atoms with Gasteiger partial charge in [0.05, 0.1) is 31.3 Å². The molecule has 0 bridgehead atoms. The van der Waals surface area contributed by atoms with Gasteiger partial charge in [0.15, 0.2) is 0 Å². The molecule has 1 aromatic carbocycles. The lowest BCUT2D eigenvalue weighted by molar-refractivity contribution is 0.199. The zero-order valence-corrected chi connectivity index (χ0v) is 11.8. The highest BCUT2D eigenvalue weighted by Gasteiger charge is 2.07. The van der Waals surface area contributed by atoms with E-state index in [1.165, 1.54) is 6.07 Å². The summed E-state index contributed by atoms with van der Waals surface area (Å²) in [7, 11) is 1.65. The van der Waals surface area contributed by atoms with Crippen LogP contribution in [0.25, 0.3) is 0 Å². The number of nitrogens with one attached hydrogen (secondary N) is 1. The van der Waals surface area contributed by atoms with Crippen LogP contribution in [-0.4, -0.2) is 29.8 Å². The van der Waals surface area contributed by atoms with Gasteiger partial charge in [0, 0.05) is 31.6 Å². The van der Waals surface area contributed by atoms with Crippen LogP contribution in [0, 0.1) is 17.1 Å². The molecule has 1 N–H and O–H groups in total. The number of benzene rings is 1. The summed E-state index contributed by atoms with van der Waals surface area (Å²) in [5.74, 6) is 0.455. The quantitative estimate of drug-likeness (QED) is 0.787. The summed E-state index contributed by atoms with van der Waals surface area (Å²) in [4.78, 5) is 4.26. The number of imidazole rings is 1. The van der Waals surface area contributed by atoms with Gasteiger partial charge in [-0.05, 0) is 12.1 Å². The minimum absolute atomic E-state index is 0.323. The Kier molecular flexibility index (Phi) is 5.43. The number of hydrogen-bond acceptors (Lipinski definition) is 4. The Hall–Kier alpha value is -2.23. The molecular weight excluding hydrogens is 271 g/mol. The normalized spacial score (nSPS) is 10.5. The van der Waals surface area contributed by atoms with Crippen LogP contribution in [0.15, 0.2) is 30.6 Å². The van der Waals surface area contributed by atoms with Gasteiger partial charge in [-0.2, -0.15) is 5.26 Å². The van der Waals surface area contributed by atoms with Crippen LogP contribution in [0.1, 0.15) is 17.0 Å². The van der Waals surface area contributed by atoms with E-state index < -0.39 is 0 Å². The number of halogens is 1. The number of nitriles is 1. The number of nitrogens with zero attached hydrogens (tertiary/aromatic N) is 3. The van der Waals surface area contributed by atoms with Crippen molar-refractivity contribution in [2.24, 2.45) is 0 Å². The van der Waals surface area contributed by atoms with Crippen molar-refractivity contribution in [3.63, 3.8) is 0 Å². The molecular formula is C15H17FN4O. The van der Waals surface area contributed by atoms with Gasteiger partial charge in [-0.3, -0.25) is 0 Å². The third kappa shape index (κ3) is 4.12. The third-order valence-corrected chi connectivity index (χ3v) is 3.09. The maximum atomic E-state index is 13.9. The first-order valence-electron chi connectivity index (χ1n) is 6.62. The molecule has 1 aromatic heterocycles. The molecule has 0 aliphatic carbocycles. The molecule has 2 aromatic rings. The Balaban J connectivity index is 2.03. The molecule has 0 aliphatic rings. The Bertz CT molecular complexity index is 633. The van der Waals surface area contributed by atoms with Gasteiger partial charge in [0.1, 0.15) is 11.6 Å². The molecule has 110 valence electrons. The topological polar surface area (TPSA) is 62.9 Å². The molecule has 0 saturated carbocycles. The summed E-state index contributed by atoms with van der Waals surface area (Å²) in [5, 5.41) is 11.9. The van der Waals surface area contributed by atoms with Crippen LogP contribution in [0.2, 0.25) is 0 Å². The summed E-state index contributed by atoms with van der Waals surface area (Å²) in [6, 6.07) is 6.43. The molecule has 0 saturated heterocycles. The molecule has 0 radical (unpaired) electrons. The standard InChI is InChI=1S/C15H17FN4O/c1-21-7-5-18-10-15-19-4-6-20(15)11-13-3-2-12(9-17)8-14(13)16/h2-4,6,8,18H,5,7,10-11H2,1H3. The molecule has 0 unspecified atom stereocenters. The highest BCUT2D eigenvalue weighted by atomic mass is 19.1. The summed E-state index contributed by atoms with van der Waals surface area (Å²) >= 11 is 0. The largest absolute Gasteiger partial charge is 0.383 e. The van der Waals surface area contributed by atoms with Crippen LogP contribution in [0.5, 0.6) is 0 Å². The summed E-state index contributed by atoms with van der Waals surface area (Å²) in [6.45, 7) is 2.34. The minimum atomic E-state index is -0.374. The second-order valence-electron chi connectivity index (χ2n) is 4.56. The first kappa shape index (κ1) is 15.2. The van der Waals surface area contributed by atoms with Crippen molar-refractivity contribution < 1.29 is 9.13 Å². The second kappa shape index (κ2) is 7.53. The molecule has 0 fully saturated rings. The van der Waals surface area contributed by atoms with Crippen molar-refractivity contribution in [2.45, 2.75) is 13.1 Å². The van der Waals surface area contributed by atoms with Crippen molar-refractivity contribution in [1.29, 1.82) is 5.26 Å². The van der Waals surface area contributed by atoms with Crippen molar-refractivity contribution in [3.8, 4) is 6.07 Å². The van der Waals surface area contributed by atoms with Gasteiger partial charge in [-0.15, -0.1) is 0 Å².